The molecule has 0 atom stereocenters. The van der Waals surface area contributed by atoms with Crippen molar-refractivity contribution in [2.75, 3.05) is 5.73 Å². The summed E-state index contributed by atoms with van der Waals surface area (Å²) in [5, 5.41) is 3.62. The number of anilines is 1. The molecule has 0 saturated heterocycles. The van der Waals surface area contributed by atoms with Crippen molar-refractivity contribution in [3.63, 3.8) is 0 Å². The molecule has 0 bridgehead atoms. The zero-order valence-electron chi connectivity index (χ0n) is 10.9. The van der Waals surface area contributed by atoms with Crippen molar-refractivity contribution in [3.05, 3.63) is 58.4 Å². The highest BCUT2D eigenvalue weighted by Crippen LogP contribution is 2.31. The van der Waals surface area contributed by atoms with Crippen LogP contribution >= 0.6 is 22.9 Å². The van der Waals surface area contributed by atoms with Crippen molar-refractivity contribution in [2.24, 2.45) is 0 Å². The molecule has 0 aliphatic carbocycles. The van der Waals surface area contributed by atoms with Gasteiger partial charge in [-0.15, -0.1) is 11.3 Å². The van der Waals surface area contributed by atoms with E-state index in [9.17, 15) is 0 Å². The number of nitrogen functional groups attached to an aromatic ring is 1. The molecule has 3 rings (SSSR count). The molecule has 0 radical (unpaired) electrons. The van der Waals surface area contributed by atoms with Crippen LogP contribution in [-0.4, -0.2) is 4.98 Å². The van der Waals surface area contributed by atoms with Gasteiger partial charge in [0.15, 0.2) is 0 Å². The van der Waals surface area contributed by atoms with Gasteiger partial charge in [-0.2, -0.15) is 0 Å². The van der Waals surface area contributed by atoms with Gasteiger partial charge in [-0.25, -0.2) is 4.98 Å². The molecule has 1 aromatic heterocycles. The van der Waals surface area contributed by atoms with Gasteiger partial charge in [0.05, 0.1) is 16.4 Å². The number of rotatable bonds is 2. The van der Waals surface area contributed by atoms with Crippen LogP contribution < -0.4 is 5.73 Å². The van der Waals surface area contributed by atoms with E-state index < -0.39 is 0 Å². The van der Waals surface area contributed by atoms with Gasteiger partial charge in [-0.3, -0.25) is 0 Å². The maximum atomic E-state index is 5.94. The van der Waals surface area contributed by atoms with Crippen LogP contribution in [0, 0.1) is 6.92 Å². The summed E-state index contributed by atoms with van der Waals surface area (Å²) in [6.45, 7) is 2.08. The van der Waals surface area contributed by atoms with E-state index in [1.165, 1.54) is 5.56 Å². The molecule has 0 unspecified atom stereocenters. The molecule has 0 fully saturated rings. The van der Waals surface area contributed by atoms with E-state index >= 15 is 0 Å². The molecule has 2 nitrogen and oxygen atoms in total. The lowest BCUT2D eigenvalue weighted by atomic mass is 10.1. The lowest BCUT2D eigenvalue weighted by Crippen LogP contribution is -1.87. The highest BCUT2D eigenvalue weighted by atomic mass is 35.5. The minimum atomic E-state index is 0.572. The lowest BCUT2D eigenvalue weighted by molar-refractivity contribution is 1.39. The minimum absolute atomic E-state index is 0.572. The first-order valence-electron chi connectivity index (χ1n) is 6.21. The largest absolute Gasteiger partial charge is 0.398 e. The number of hydrogen-bond acceptors (Lipinski definition) is 3. The Hall–Kier alpha value is -1.84. The molecule has 0 spiro atoms. The summed E-state index contributed by atoms with van der Waals surface area (Å²) < 4.78 is 0. The fraction of sp³-hybridized carbons (Fsp3) is 0.0625. The van der Waals surface area contributed by atoms with E-state index in [0.29, 0.717) is 10.7 Å². The quantitative estimate of drug-likeness (QED) is 0.675. The van der Waals surface area contributed by atoms with Crippen LogP contribution in [0.5, 0.6) is 0 Å². The molecular formula is C16H13ClN2S. The fourth-order valence-electron chi connectivity index (χ4n) is 1.94. The minimum Gasteiger partial charge on any atom is -0.398 e. The van der Waals surface area contributed by atoms with Crippen LogP contribution in [0.4, 0.5) is 5.69 Å². The molecular weight excluding hydrogens is 288 g/mol. The molecule has 3 aromatic rings. The second-order valence-electron chi connectivity index (χ2n) is 4.64. The summed E-state index contributed by atoms with van der Waals surface area (Å²) in [7, 11) is 0. The van der Waals surface area contributed by atoms with Crippen LogP contribution in [0.25, 0.3) is 21.8 Å². The topological polar surface area (TPSA) is 38.9 Å². The van der Waals surface area contributed by atoms with Crippen LogP contribution in [0.3, 0.4) is 0 Å². The maximum absolute atomic E-state index is 5.94. The summed E-state index contributed by atoms with van der Waals surface area (Å²) in [6.07, 6.45) is 0. The molecule has 4 heteroatoms. The van der Waals surface area contributed by atoms with Crippen LogP contribution in [0.15, 0.2) is 47.8 Å². The van der Waals surface area contributed by atoms with Gasteiger partial charge in [0.25, 0.3) is 0 Å². The van der Waals surface area contributed by atoms with E-state index in [2.05, 4.69) is 36.2 Å². The Kier molecular flexibility index (Phi) is 3.47. The van der Waals surface area contributed by atoms with Gasteiger partial charge >= 0.3 is 0 Å². The smallest absolute Gasteiger partial charge is 0.124 e. The van der Waals surface area contributed by atoms with Crippen molar-refractivity contribution in [1.29, 1.82) is 0 Å². The fourth-order valence-corrected chi connectivity index (χ4v) is 2.89. The number of aromatic nitrogens is 1. The standard InChI is InChI=1S/C16H13ClN2S/c1-10-2-4-11(5-3-10)16-19-15(9-20-16)12-6-7-13(17)14(18)8-12/h2-9H,18H2,1H3. The van der Waals surface area contributed by atoms with E-state index in [1.54, 1.807) is 17.4 Å². The highest BCUT2D eigenvalue weighted by Gasteiger charge is 2.07. The summed E-state index contributed by atoms with van der Waals surface area (Å²) in [5.41, 5.74) is 10.7. The van der Waals surface area contributed by atoms with Crippen molar-refractivity contribution in [3.8, 4) is 21.8 Å². The first-order valence-corrected chi connectivity index (χ1v) is 7.47. The van der Waals surface area contributed by atoms with E-state index in [1.807, 2.05) is 17.5 Å². The molecule has 20 heavy (non-hydrogen) atoms. The zero-order chi connectivity index (χ0) is 14.1. The van der Waals surface area contributed by atoms with Gasteiger partial charge in [-0.05, 0) is 19.1 Å². The summed E-state index contributed by atoms with van der Waals surface area (Å²) in [5.74, 6) is 0. The average molecular weight is 301 g/mol. The second kappa shape index (κ2) is 5.27. The predicted octanol–water partition coefficient (Wildman–Crippen LogP) is 5.02. The molecule has 0 aliphatic rings. The van der Waals surface area contributed by atoms with Gasteiger partial charge in [0.2, 0.25) is 0 Å². The van der Waals surface area contributed by atoms with Crippen LogP contribution in [0.1, 0.15) is 5.56 Å². The first-order chi connectivity index (χ1) is 9.63. The third kappa shape index (κ3) is 2.55. The van der Waals surface area contributed by atoms with Crippen molar-refractivity contribution in [2.45, 2.75) is 6.92 Å². The lowest BCUT2D eigenvalue weighted by Gasteiger charge is -2.01. The van der Waals surface area contributed by atoms with Gasteiger partial charge in [0, 0.05) is 16.5 Å². The number of halogens is 1. The zero-order valence-corrected chi connectivity index (χ0v) is 12.5. The SMILES string of the molecule is Cc1ccc(-c2nc(-c3ccc(Cl)c(N)c3)cs2)cc1. The monoisotopic (exact) mass is 300 g/mol. The van der Waals surface area contributed by atoms with Crippen molar-refractivity contribution >= 4 is 28.6 Å². The summed E-state index contributed by atoms with van der Waals surface area (Å²) in [6, 6.07) is 14.0. The van der Waals surface area contributed by atoms with Crippen LogP contribution in [0.2, 0.25) is 5.02 Å². The van der Waals surface area contributed by atoms with Crippen molar-refractivity contribution in [1.82, 2.24) is 4.98 Å². The average Bonchev–Trinajstić information content (AvgIpc) is 2.92. The number of aryl methyl sites for hydroxylation is 1. The maximum Gasteiger partial charge on any atom is 0.124 e. The number of nitrogens with zero attached hydrogens (tertiary/aromatic N) is 1. The van der Waals surface area contributed by atoms with E-state index in [-0.39, 0.29) is 0 Å². The number of hydrogen-bond donors (Lipinski definition) is 1. The number of benzene rings is 2. The summed E-state index contributed by atoms with van der Waals surface area (Å²) in [4.78, 5) is 4.67. The summed E-state index contributed by atoms with van der Waals surface area (Å²) >= 11 is 7.57. The molecule has 0 amide bonds. The van der Waals surface area contributed by atoms with Gasteiger partial charge < -0.3 is 5.73 Å². The third-order valence-corrected chi connectivity index (χ3v) is 4.33. The Labute approximate surface area is 126 Å². The van der Waals surface area contributed by atoms with E-state index in [0.717, 1.165) is 21.8 Å². The molecule has 100 valence electrons. The Morgan fingerprint density at radius 3 is 2.45 bits per heavy atom. The first kappa shape index (κ1) is 13.2. The van der Waals surface area contributed by atoms with Crippen molar-refractivity contribution < 1.29 is 0 Å². The Morgan fingerprint density at radius 1 is 1.05 bits per heavy atom. The van der Waals surface area contributed by atoms with E-state index in [4.69, 9.17) is 17.3 Å². The Balaban J connectivity index is 1.97. The number of thiazole rings is 1. The Morgan fingerprint density at radius 2 is 1.75 bits per heavy atom. The molecule has 0 aliphatic heterocycles. The molecule has 2 aromatic carbocycles. The Bertz CT molecular complexity index is 747. The highest BCUT2D eigenvalue weighted by molar-refractivity contribution is 7.13. The van der Waals surface area contributed by atoms with Crippen LogP contribution in [-0.2, 0) is 0 Å². The number of nitrogens with two attached hydrogens (primary N) is 1. The van der Waals surface area contributed by atoms with Gasteiger partial charge in [-0.1, -0.05) is 47.5 Å². The molecule has 0 saturated carbocycles. The molecule has 1 heterocycles. The normalized spacial score (nSPS) is 10.7. The second-order valence-corrected chi connectivity index (χ2v) is 5.91. The third-order valence-electron chi connectivity index (χ3n) is 3.09. The predicted molar refractivity (Wildman–Crippen MR) is 87.1 cm³/mol. The van der Waals surface area contributed by atoms with Gasteiger partial charge in [0.1, 0.15) is 5.01 Å². The molecule has 2 N–H and O–H groups in total.